The number of rotatable bonds is 7. The second-order valence-corrected chi connectivity index (χ2v) is 9.69. The van der Waals surface area contributed by atoms with Crippen LogP contribution >= 0.6 is 0 Å². The molecule has 1 aliphatic heterocycles. The predicted octanol–water partition coefficient (Wildman–Crippen LogP) is 3.79. The molecule has 11 heteroatoms. The summed E-state index contributed by atoms with van der Waals surface area (Å²) in [5.74, 6) is -2.32. The highest BCUT2D eigenvalue weighted by molar-refractivity contribution is 6.03. The third kappa shape index (κ3) is 6.00. The minimum absolute atomic E-state index is 0.0497. The number of nitrogen functional groups attached to an aromatic ring is 1. The summed E-state index contributed by atoms with van der Waals surface area (Å²) >= 11 is 0. The highest BCUT2D eigenvalue weighted by Crippen LogP contribution is 2.33. The van der Waals surface area contributed by atoms with Gasteiger partial charge in [-0.3, -0.25) is 9.59 Å². The van der Waals surface area contributed by atoms with Crippen LogP contribution in [-0.4, -0.2) is 50.3 Å². The molecule has 4 rings (SSSR count). The smallest absolute Gasteiger partial charge is 0.254 e. The average Bonchev–Trinajstić information content (AvgIpc) is 3.21. The Morgan fingerprint density at radius 1 is 1.18 bits per heavy atom. The van der Waals surface area contributed by atoms with Crippen molar-refractivity contribution in [3.8, 4) is 22.8 Å². The van der Waals surface area contributed by atoms with Gasteiger partial charge in [0.05, 0.1) is 11.6 Å². The Bertz CT molecular complexity index is 1380. The van der Waals surface area contributed by atoms with Crippen LogP contribution in [0.3, 0.4) is 0 Å². The number of aliphatic hydroxyl groups is 1. The van der Waals surface area contributed by atoms with Crippen molar-refractivity contribution in [2.75, 3.05) is 18.8 Å². The second kappa shape index (κ2) is 10.6. The van der Waals surface area contributed by atoms with Gasteiger partial charge in [0.25, 0.3) is 5.91 Å². The fraction of sp³-hybridized carbons (Fsp3) is 0.296. The molecule has 2 heterocycles. The molecule has 3 aromatic rings. The number of carbonyl (C=O) groups excluding carboxylic acids is 2. The normalized spacial score (nSPS) is 16.1. The Hall–Kier alpha value is -4.25. The lowest BCUT2D eigenvalue weighted by atomic mass is 10.0. The molecule has 0 radical (unpaired) electrons. The van der Waals surface area contributed by atoms with E-state index in [2.05, 4.69) is 5.10 Å². The topological polar surface area (TPSA) is 137 Å². The molecule has 0 saturated carbocycles. The number of anilines is 1. The van der Waals surface area contributed by atoms with Gasteiger partial charge in [-0.25, -0.2) is 13.5 Å². The summed E-state index contributed by atoms with van der Waals surface area (Å²) in [7, 11) is 0. The molecule has 0 aliphatic carbocycles. The van der Waals surface area contributed by atoms with Gasteiger partial charge >= 0.3 is 0 Å². The number of ether oxygens (including phenoxy) is 1. The van der Waals surface area contributed by atoms with Crippen molar-refractivity contribution in [2.24, 2.45) is 5.73 Å². The van der Waals surface area contributed by atoms with Crippen LogP contribution in [0.4, 0.5) is 14.6 Å². The highest BCUT2D eigenvalue weighted by atomic mass is 19.1. The number of aromatic nitrogens is 2. The van der Waals surface area contributed by atoms with E-state index in [0.29, 0.717) is 31.5 Å². The molecule has 1 aromatic heterocycles. The van der Waals surface area contributed by atoms with Crippen molar-refractivity contribution >= 4 is 17.6 Å². The van der Waals surface area contributed by atoms with Crippen molar-refractivity contribution in [1.82, 2.24) is 14.7 Å². The molecule has 38 heavy (non-hydrogen) atoms. The Kier molecular flexibility index (Phi) is 7.49. The number of halogens is 2. The molecular formula is C27H29F2N5O4. The third-order valence-corrected chi connectivity index (χ3v) is 6.13. The largest absolute Gasteiger partial charge is 0.454 e. The molecule has 200 valence electrons. The zero-order valence-corrected chi connectivity index (χ0v) is 21.0. The molecule has 0 bridgehead atoms. The lowest BCUT2D eigenvalue weighted by molar-refractivity contribution is -0.127. The maximum absolute atomic E-state index is 13.9. The highest BCUT2D eigenvalue weighted by Gasteiger charge is 2.30. The molecule has 2 amide bonds. The maximum atomic E-state index is 13.9. The Balaban J connectivity index is 1.58. The van der Waals surface area contributed by atoms with Crippen molar-refractivity contribution in [3.05, 3.63) is 71.8 Å². The molecule has 1 fully saturated rings. The van der Waals surface area contributed by atoms with Crippen LogP contribution in [0, 0.1) is 11.6 Å². The molecule has 5 N–H and O–H groups in total. The van der Waals surface area contributed by atoms with Crippen LogP contribution in [0.15, 0.2) is 54.6 Å². The number of benzene rings is 2. The average molecular weight is 526 g/mol. The maximum Gasteiger partial charge on any atom is 0.254 e. The zero-order valence-electron chi connectivity index (χ0n) is 21.0. The lowest BCUT2D eigenvalue weighted by Gasteiger charge is -2.32. The predicted molar refractivity (Wildman–Crippen MR) is 137 cm³/mol. The zero-order chi connectivity index (χ0) is 27.6. The van der Waals surface area contributed by atoms with Gasteiger partial charge < -0.3 is 26.2 Å². The first-order chi connectivity index (χ1) is 17.9. The fourth-order valence-electron chi connectivity index (χ4n) is 4.27. The van der Waals surface area contributed by atoms with Crippen molar-refractivity contribution in [3.63, 3.8) is 0 Å². The van der Waals surface area contributed by atoms with E-state index in [0.717, 1.165) is 12.1 Å². The van der Waals surface area contributed by atoms with Gasteiger partial charge in [-0.1, -0.05) is 0 Å². The van der Waals surface area contributed by atoms with E-state index >= 15 is 0 Å². The van der Waals surface area contributed by atoms with Gasteiger partial charge in [-0.05, 0) is 69.2 Å². The first-order valence-electron chi connectivity index (χ1n) is 12.0. The van der Waals surface area contributed by atoms with E-state index in [1.165, 1.54) is 22.9 Å². The molecular weight excluding hydrogens is 496 g/mol. The van der Waals surface area contributed by atoms with Gasteiger partial charge in [-0.2, -0.15) is 5.10 Å². The van der Waals surface area contributed by atoms with Crippen molar-refractivity contribution in [1.29, 1.82) is 0 Å². The number of primary amides is 1. The molecule has 0 unspecified atom stereocenters. The van der Waals surface area contributed by atoms with E-state index in [1.54, 1.807) is 43.0 Å². The van der Waals surface area contributed by atoms with E-state index in [9.17, 15) is 23.5 Å². The van der Waals surface area contributed by atoms with Crippen molar-refractivity contribution in [2.45, 2.75) is 38.3 Å². The molecule has 2 aromatic carbocycles. The molecule has 1 atom stereocenters. The number of carbonyl (C=O) groups is 2. The Labute approximate surface area is 218 Å². The van der Waals surface area contributed by atoms with Crippen LogP contribution < -0.4 is 16.2 Å². The summed E-state index contributed by atoms with van der Waals surface area (Å²) in [6, 6.07) is 9.04. The summed E-state index contributed by atoms with van der Waals surface area (Å²) in [4.78, 5) is 26.6. The van der Waals surface area contributed by atoms with Crippen LogP contribution in [0.1, 0.15) is 43.1 Å². The van der Waals surface area contributed by atoms with E-state index in [1.807, 2.05) is 0 Å². The number of nitrogens with two attached hydrogens (primary N) is 2. The minimum Gasteiger partial charge on any atom is -0.454 e. The van der Waals surface area contributed by atoms with E-state index in [4.69, 9.17) is 16.2 Å². The van der Waals surface area contributed by atoms with Gasteiger partial charge in [0.15, 0.2) is 11.6 Å². The summed E-state index contributed by atoms with van der Waals surface area (Å²) in [6.07, 6.45) is 4.15. The number of likely N-dealkylation sites (tertiary alicyclic amines) is 1. The Morgan fingerprint density at radius 3 is 2.53 bits per heavy atom. The van der Waals surface area contributed by atoms with Gasteiger partial charge in [0.2, 0.25) is 5.91 Å². The number of amides is 2. The first kappa shape index (κ1) is 26.8. The monoisotopic (exact) mass is 525 g/mol. The quantitative estimate of drug-likeness (QED) is 0.402. The minimum atomic E-state index is -1.11. The van der Waals surface area contributed by atoms with Gasteiger partial charge in [0, 0.05) is 30.8 Å². The molecule has 1 aliphatic rings. The summed E-state index contributed by atoms with van der Waals surface area (Å²) in [5, 5.41) is 14.5. The number of hydrogen-bond acceptors (Lipinski definition) is 6. The third-order valence-electron chi connectivity index (χ3n) is 6.13. The molecule has 1 saturated heterocycles. The summed E-state index contributed by atoms with van der Waals surface area (Å²) in [6.45, 7) is 4.01. The number of hydrogen-bond donors (Lipinski definition) is 3. The number of nitrogens with zero attached hydrogens (tertiary/aromatic N) is 3. The molecule has 0 spiro atoms. The number of piperidine rings is 1. The van der Waals surface area contributed by atoms with Crippen LogP contribution in [0.2, 0.25) is 0 Å². The van der Waals surface area contributed by atoms with Crippen LogP contribution in [0.25, 0.3) is 11.3 Å². The summed E-state index contributed by atoms with van der Waals surface area (Å²) in [5.41, 5.74) is 11.7. The Morgan fingerprint density at radius 2 is 1.89 bits per heavy atom. The lowest BCUT2D eigenvalue weighted by Crippen LogP contribution is -2.40. The SMILES string of the molecule is CC(C)(O)/C=C/C(=O)N1CCC[C@@H](n2nc(-c3ccc(Oc4ccc(F)cc4F)cc3)c(C(N)=O)c2N)C1. The van der Waals surface area contributed by atoms with Crippen LogP contribution in [0.5, 0.6) is 11.5 Å². The summed E-state index contributed by atoms with van der Waals surface area (Å²) < 4.78 is 34.1. The van der Waals surface area contributed by atoms with Gasteiger partial charge in [-0.15, -0.1) is 0 Å². The van der Waals surface area contributed by atoms with Crippen molar-refractivity contribution < 1.29 is 28.2 Å². The molecule has 9 nitrogen and oxygen atoms in total. The van der Waals surface area contributed by atoms with Gasteiger partial charge in [0.1, 0.15) is 28.6 Å². The second-order valence-electron chi connectivity index (χ2n) is 9.69. The first-order valence-corrected chi connectivity index (χ1v) is 12.0. The fourth-order valence-corrected chi connectivity index (χ4v) is 4.27. The van der Waals surface area contributed by atoms with Crippen LogP contribution in [-0.2, 0) is 4.79 Å². The van der Waals surface area contributed by atoms with E-state index < -0.39 is 23.1 Å². The van der Waals surface area contributed by atoms with E-state index in [-0.39, 0.29) is 40.5 Å². The standard InChI is InChI=1S/C27H29F2N5O4/c1-27(2,37)12-11-22(35)33-13-3-4-18(15-33)34-25(30)23(26(31)36)24(32-34)16-5-8-19(9-6-16)38-21-10-7-17(28)14-20(21)29/h5-12,14,18,37H,3-4,13,15,30H2,1-2H3,(H2,31,36)/b12-11+/t18-/m1/s1.